The fourth-order valence-corrected chi connectivity index (χ4v) is 5.00. The largest absolute Gasteiger partial charge is 0.476 e. The van der Waals surface area contributed by atoms with Crippen molar-refractivity contribution < 1.29 is 23.6 Å². The molecule has 0 bridgehead atoms. The first-order chi connectivity index (χ1) is 20.4. The average Bonchev–Trinajstić information content (AvgIpc) is 3.43. The lowest BCUT2D eigenvalue weighted by Crippen LogP contribution is -2.43. The zero-order chi connectivity index (χ0) is 29.2. The van der Waals surface area contributed by atoms with Crippen LogP contribution in [0.2, 0.25) is 0 Å². The number of fused-ring (bicyclic) bond motifs is 2. The van der Waals surface area contributed by atoms with Gasteiger partial charge in [-0.25, -0.2) is 4.98 Å². The molecule has 2 aromatic heterocycles. The summed E-state index contributed by atoms with van der Waals surface area (Å²) < 4.78 is 18.9. The van der Waals surface area contributed by atoms with Crippen molar-refractivity contribution in [2.75, 3.05) is 32.9 Å². The van der Waals surface area contributed by atoms with Crippen molar-refractivity contribution in [2.45, 2.75) is 0 Å². The number of aromatic nitrogens is 2. The lowest BCUT2D eigenvalue weighted by atomic mass is 10.2. The second-order valence-corrected chi connectivity index (χ2v) is 10.3. The van der Waals surface area contributed by atoms with Crippen LogP contribution < -0.4 is 10.3 Å². The van der Waals surface area contributed by atoms with Crippen molar-refractivity contribution in [3.8, 4) is 17.3 Å². The highest BCUT2D eigenvalue weighted by Crippen LogP contribution is 2.31. The number of furan rings is 1. The van der Waals surface area contributed by atoms with Gasteiger partial charge < -0.3 is 18.8 Å². The van der Waals surface area contributed by atoms with Gasteiger partial charge >= 0.3 is 5.69 Å². The molecule has 0 spiro atoms. The number of rotatable bonds is 7. The highest BCUT2D eigenvalue weighted by Gasteiger charge is 2.23. The fourth-order valence-electron chi connectivity index (χ4n) is 4.62. The maximum absolute atomic E-state index is 13.6. The van der Waals surface area contributed by atoms with Crippen molar-refractivity contribution >= 4 is 55.6 Å². The van der Waals surface area contributed by atoms with E-state index < -0.39 is 17.1 Å². The van der Waals surface area contributed by atoms with E-state index in [1.54, 1.807) is 47.4 Å². The molecule has 3 aromatic carbocycles. The Morgan fingerprint density at radius 3 is 2.74 bits per heavy atom. The molecule has 1 fully saturated rings. The van der Waals surface area contributed by atoms with E-state index >= 15 is 0 Å². The number of morpholine rings is 1. The summed E-state index contributed by atoms with van der Waals surface area (Å²) in [4.78, 5) is 43.8. The van der Waals surface area contributed by atoms with Crippen LogP contribution in [0.1, 0.15) is 5.56 Å². The Morgan fingerprint density at radius 1 is 1.12 bits per heavy atom. The van der Waals surface area contributed by atoms with Gasteiger partial charge in [0.2, 0.25) is 11.6 Å². The number of carbonyl (C=O) groups is 1. The van der Waals surface area contributed by atoms with E-state index in [0.29, 0.717) is 48.5 Å². The lowest BCUT2D eigenvalue weighted by molar-refractivity contribution is -0.385. The number of nitrogens with zero attached hydrogens (tertiary/aromatic N) is 5. The molecule has 0 radical (unpaired) electrons. The van der Waals surface area contributed by atoms with Crippen LogP contribution in [0.25, 0.3) is 33.5 Å². The number of halogens is 1. The van der Waals surface area contributed by atoms with E-state index in [-0.39, 0.29) is 28.7 Å². The van der Waals surface area contributed by atoms with Crippen molar-refractivity contribution in [1.29, 1.82) is 0 Å². The molecule has 42 heavy (non-hydrogen) atoms. The second kappa shape index (κ2) is 11.5. The number of hydrogen-bond acceptors (Lipinski definition) is 9. The third kappa shape index (κ3) is 5.39. The maximum atomic E-state index is 13.6. The first-order valence-electron chi connectivity index (χ1n) is 12.9. The number of amides is 1. The lowest BCUT2D eigenvalue weighted by Gasteiger charge is -2.26. The van der Waals surface area contributed by atoms with Crippen LogP contribution >= 0.6 is 15.9 Å². The van der Waals surface area contributed by atoms with E-state index in [2.05, 4.69) is 26.0 Å². The summed E-state index contributed by atoms with van der Waals surface area (Å²) in [5.74, 6) is -0.0368. The van der Waals surface area contributed by atoms with E-state index in [4.69, 9.17) is 13.9 Å². The van der Waals surface area contributed by atoms with E-state index in [1.807, 2.05) is 12.1 Å². The van der Waals surface area contributed by atoms with E-state index in [0.717, 1.165) is 14.5 Å². The molecule has 6 rings (SSSR count). The predicted molar refractivity (Wildman–Crippen MR) is 158 cm³/mol. The van der Waals surface area contributed by atoms with Crippen LogP contribution in [0.5, 0.6) is 5.75 Å². The van der Waals surface area contributed by atoms with Crippen molar-refractivity contribution in [2.24, 2.45) is 5.10 Å². The van der Waals surface area contributed by atoms with Crippen LogP contribution in [-0.4, -0.2) is 64.5 Å². The Kier molecular flexibility index (Phi) is 7.50. The number of ether oxygens (including phenoxy) is 2. The second-order valence-electron chi connectivity index (χ2n) is 9.34. The fraction of sp³-hybridized carbons (Fsp3) is 0.172. The van der Waals surface area contributed by atoms with Crippen molar-refractivity contribution in [1.82, 2.24) is 14.6 Å². The molecule has 0 atom stereocenters. The molecule has 3 heterocycles. The summed E-state index contributed by atoms with van der Waals surface area (Å²) in [6, 6.07) is 18.4. The molecule has 1 saturated heterocycles. The Bertz CT molecular complexity index is 1930. The first-order valence-corrected chi connectivity index (χ1v) is 13.7. The molecule has 212 valence electrons. The molecule has 0 saturated carbocycles. The Hall–Kier alpha value is -4.88. The van der Waals surface area contributed by atoms with Gasteiger partial charge in [0.25, 0.3) is 11.5 Å². The average molecular weight is 632 g/mol. The van der Waals surface area contributed by atoms with Gasteiger partial charge in [-0.3, -0.25) is 19.7 Å². The van der Waals surface area contributed by atoms with Crippen molar-refractivity contribution in [3.63, 3.8) is 0 Å². The normalized spacial score (nSPS) is 13.7. The van der Waals surface area contributed by atoms with Gasteiger partial charge in [-0.1, -0.05) is 34.1 Å². The molecule has 13 heteroatoms. The van der Waals surface area contributed by atoms with Gasteiger partial charge in [-0.2, -0.15) is 9.78 Å². The first kappa shape index (κ1) is 27.3. The Balaban J connectivity index is 1.42. The minimum Gasteiger partial charge on any atom is -0.476 e. The minimum absolute atomic E-state index is 0.137. The highest BCUT2D eigenvalue weighted by molar-refractivity contribution is 9.10. The van der Waals surface area contributed by atoms with E-state index in [1.165, 1.54) is 18.3 Å². The summed E-state index contributed by atoms with van der Waals surface area (Å²) in [5.41, 5.74) is 0.417. The number of nitro groups is 1. The van der Waals surface area contributed by atoms with Gasteiger partial charge in [0.05, 0.1) is 35.3 Å². The zero-order valence-electron chi connectivity index (χ0n) is 21.9. The molecule has 0 aliphatic carbocycles. The molecule has 1 aliphatic heterocycles. The monoisotopic (exact) mass is 631 g/mol. The van der Waals surface area contributed by atoms with Gasteiger partial charge in [0.15, 0.2) is 12.4 Å². The third-order valence-electron chi connectivity index (χ3n) is 6.69. The van der Waals surface area contributed by atoms with E-state index in [9.17, 15) is 19.7 Å². The van der Waals surface area contributed by atoms with Gasteiger partial charge in [0.1, 0.15) is 5.58 Å². The van der Waals surface area contributed by atoms with Crippen LogP contribution in [0.15, 0.2) is 85.5 Å². The smallest absolute Gasteiger partial charge is 0.311 e. The van der Waals surface area contributed by atoms with Crippen molar-refractivity contribution in [3.05, 3.63) is 97.2 Å². The summed E-state index contributed by atoms with van der Waals surface area (Å²) >= 11 is 3.45. The van der Waals surface area contributed by atoms with Gasteiger partial charge in [-0.15, -0.1) is 0 Å². The molecule has 5 aromatic rings. The van der Waals surface area contributed by atoms with Gasteiger partial charge in [-0.05, 0) is 42.5 Å². The number of para-hydroxylation sites is 2. The molecular weight excluding hydrogens is 610 g/mol. The standard InChI is InChI=1S/C29H22BrN5O7/c30-20-8-9-24-19(14-20)15-25(42-24)28-32-22-6-2-1-5-21(22)29(37)34(28)31-16-18-4-3-7-23(35(38)39)27(18)41-17-26(36)33-10-12-40-13-11-33/h1-9,14-16H,10-13,17H2. The van der Waals surface area contributed by atoms with Crippen LogP contribution in [0.4, 0.5) is 5.69 Å². The SMILES string of the molecule is O=C(COc1c(C=Nn2c(-c3cc4cc(Br)ccc4o3)nc3ccccc3c2=O)cccc1[N+](=O)[O-])N1CCOCC1. The topological polar surface area (TPSA) is 142 Å². The number of nitro benzene ring substituents is 1. The zero-order valence-corrected chi connectivity index (χ0v) is 23.5. The van der Waals surface area contributed by atoms with Crippen LogP contribution in [0, 0.1) is 10.1 Å². The molecule has 0 unspecified atom stereocenters. The molecule has 12 nitrogen and oxygen atoms in total. The number of benzene rings is 3. The molecule has 1 aliphatic rings. The number of hydrogen-bond donors (Lipinski definition) is 0. The highest BCUT2D eigenvalue weighted by atomic mass is 79.9. The summed E-state index contributed by atoms with van der Waals surface area (Å²) in [7, 11) is 0. The van der Waals surface area contributed by atoms with Crippen LogP contribution in [-0.2, 0) is 9.53 Å². The maximum Gasteiger partial charge on any atom is 0.311 e. The minimum atomic E-state index is -0.604. The number of carbonyl (C=O) groups excluding carboxylic acids is 1. The Labute approximate surface area is 246 Å². The predicted octanol–water partition coefficient (Wildman–Crippen LogP) is 4.60. The van der Waals surface area contributed by atoms with Crippen LogP contribution in [0.3, 0.4) is 0 Å². The Morgan fingerprint density at radius 2 is 1.93 bits per heavy atom. The molecular formula is C29H22BrN5O7. The molecule has 1 amide bonds. The summed E-state index contributed by atoms with van der Waals surface area (Å²) in [6.07, 6.45) is 1.27. The molecule has 0 N–H and O–H groups in total. The van der Waals surface area contributed by atoms with Gasteiger partial charge in [0, 0.05) is 34.6 Å². The quantitative estimate of drug-likeness (QED) is 0.144. The summed E-state index contributed by atoms with van der Waals surface area (Å²) in [6.45, 7) is 1.23. The summed E-state index contributed by atoms with van der Waals surface area (Å²) in [5, 5.41) is 17.3. The third-order valence-corrected chi connectivity index (χ3v) is 7.18.